The molecule has 1 saturated heterocycles. The maximum Gasteiger partial charge on any atom is 0.342 e. The van der Waals surface area contributed by atoms with E-state index in [0.717, 1.165) is 5.56 Å². The fraction of sp³-hybridized carbons (Fsp3) is 0.350. The van der Waals surface area contributed by atoms with Gasteiger partial charge in [-0.25, -0.2) is 4.79 Å². The number of hydrogen-bond acceptors (Lipinski definition) is 9. The second kappa shape index (κ2) is 9.21. The molecule has 0 aromatic heterocycles. The number of rotatable bonds is 6. The van der Waals surface area contributed by atoms with Crippen molar-refractivity contribution in [3.63, 3.8) is 0 Å². The summed E-state index contributed by atoms with van der Waals surface area (Å²) in [4.78, 5) is 12.3. The zero-order chi connectivity index (χ0) is 21.0. The molecule has 0 amide bonds. The summed E-state index contributed by atoms with van der Waals surface area (Å²) in [6, 6.07) is 12.7. The van der Waals surface area contributed by atoms with Crippen LogP contribution in [0, 0.1) is 0 Å². The van der Waals surface area contributed by atoms with E-state index in [4.69, 9.17) is 14.2 Å². The summed E-state index contributed by atoms with van der Waals surface area (Å²) in [5, 5.41) is 48.9. The molecule has 3 rings (SSSR count). The van der Waals surface area contributed by atoms with Crippen LogP contribution in [0.15, 0.2) is 48.5 Å². The van der Waals surface area contributed by atoms with Gasteiger partial charge < -0.3 is 39.7 Å². The van der Waals surface area contributed by atoms with Crippen LogP contribution in [-0.4, -0.2) is 68.8 Å². The Morgan fingerprint density at radius 1 is 1.00 bits per heavy atom. The van der Waals surface area contributed by atoms with E-state index in [0.29, 0.717) is 0 Å². The lowest BCUT2D eigenvalue weighted by molar-refractivity contribution is -0.277. The van der Waals surface area contributed by atoms with Crippen LogP contribution in [0.1, 0.15) is 15.9 Å². The molecule has 5 atom stereocenters. The van der Waals surface area contributed by atoms with E-state index in [-0.39, 0.29) is 23.7 Å². The molecule has 1 heterocycles. The SMILES string of the molecule is O=C(OCc1ccccc1)c1cc(O[C@@H]2O[C@H](CO)[C@@H](O)[C@H](O)[C@H]2O)ccc1O. The molecular formula is C20H22O9. The number of hydrogen-bond donors (Lipinski definition) is 5. The minimum Gasteiger partial charge on any atom is -0.507 e. The predicted molar refractivity (Wildman–Crippen MR) is 98.1 cm³/mol. The summed E-state index contributed by atoms with van der Waals surface area (Å²) in [7, 11) is 0. The van der Waals surface area contributed by atoms with Gasteiger partial charge in [-0.15, -0.1) is 0 Å². The average molecular weight is 406 g/mol. The molecule has 2 aromatic carbocycles. The zero-order valence-electron chi connectivity index (χ0n) is 15.3. The van der Waals surface area contributed by atoms with Crippen molar-refractivity contribution < 1.29 is 44.5 Å². The molecule has 1 aliphatic heterocycles. The largest absolute Gasteiger partial charge is 0.507 e. The van der Waals surface area contributed by atoms with Crippen molar-refractivity contribution in [3.8, 4) is 11.5 Å². The first kappa shape index (κ1) is 21.0. The Hall–Kier alpha value is -2.69. The normalized spacial score (nSPS) is 26.7. The number of phenols is 1. The van der Waals surface area contributed by atoms with Crippen molar-refractivity contribution in [1.82, 2.24) is 0 Å². The van der Waals surface area contributed by atoms with Crippen molar-refractivity contribution in [2.45, 2.75) is 37.3 Å². The van der Waals surface area contributed by atoms with Gasteiger partial charge in [0.05, 0.1) is 6.61 Å². The van der Waals surface area contributed by atoms with Gasteiger partial charge in [-0.3, -0.25) is 0 Å². The lowest BCUT2D eigenvalue weighted by Crippen LogP contribution is -2.60. The predicted octanol–water partition coefficient (Wildman–Crippen LogP) is -0.0721. The quantitative estimate of drug-likeness (QED) is 0.416. The van der Waals surface area contributed by atoms with Gasteiger partial charge in [-0.2, -0.15) is 0 Å². The van der Waals surface area contributed by atoms with Crippen LogP contribution in [0.3, 0.4) is 0 Å². The number of carbonyl (C=O) groups is 1. The van der Waals surface area contributed by atoms with Crippen molar-refractivity contribution in [2.75, 3.05) is 6.61 Å². The molecule has 1 aliphatic rings. The van der Waals surface area contributed by atoms with Gasteiger partial charge in [-0.05, 0) is 23.8 Å². The Morgan fingerprint density at radius 3 is 2.41 bits per heavy atom. The summed E-state index contributed by atoms with van der Waals surface area (Å²) < 4.78 is 15.9. The number of benzene rings is 2. The summed E-state index contributed by atoms with van der Waals surface area (Å²) >= 11 is 0. The van der Waals surface area contributed by atoms with Gasteiger partial charge in [0.1, 0.15) is 48.1 Å². The number of ether oxygens (including phenoxy) is 3. The van der Waals surface area contributed by atoms with Gasteiger partial charge in [0, 0.05) is 0 Å². The number of aliphatic hydroxyl groups is 4. The van der Waals surface area contributed by atoms with Crippen LogP contribution >= 0.6 is 0 Å². The highest BCUT2D eigenvalue weighted by molar-refractivity contribution is 5.92. The summed E-state index contributed by atoms with van der Waals surface area (Å²) in [6.45, 7) is -0.589. The Kier molecular flexibility index (Phi) is 6.68. The Morgan fingerprint density at radius 2 is 1.72 bits per heavy atom. The third-order valence-electron chi connectivity index (χ3n) is 4.50. The van der Waals surface area contributed by atoms with E-state index in [1.165, 1.54) is 18.2 Å². The molecule has 0 saturated carbocycles. The van der Waals surface area contributed by atoms with Crippen LogP contribution in [-0.2, 0) is 16.1 Å². The van der Waals surface area contributed by atoms with Crippen LogP contribution in [0.4, 0.5) is 0 Å². The Bertz CT molecular complexity index is 824. The fourth-order valence-corrected chi connectivity index (χ4v) is 2.85. The van der Waals surface area contributed by atoms with E-state index >= 15 is 0 Å². The van der Waals surface area contributed by atoms with Crippen molar-refractivity contribution in [1.29, 1.82) is 0 Å². The third kappa shape index (κ3) is 4.84. The topological polar surface area (TPSA) is 146 Å². The first-order valence-electron chi connectivity index (χ1n) is 8.92. The molecule has 0 spiro atoms. The molecule has 5 N–H and O–H groups in total. The summed E-state index contributed by atoms with van der Waals surface area (Å²) in [5.41, 5.74) is 0.608. The lowest BCUT2D eigenvalue weighted by Gasteiger charge is -2.39. The van der Waals surface area contributed by atoms with Gasteiger partial charge in [0.15, 0.2) is 0 Å². The number of aliphatic hydroxyl groups excluding tert-OH is 4. The van der Waals surface area contributed by atoms with Crippen LogP contribution in [0.5, 0.6) is 11.5 Å². The molecule has 2 aromatic rings. The number of aromatic hydroxyl groups is 1. The second-order valence-corrected chi connectivity index (χ2v) is 6.56. The van der Waals surface area contributed by atoms with Gasteiger partial charge in [-0.1, -0.05) is 30.3 Å². The average Bonchev–Trinajstić information content (AvgIpc) is 2.74. The van der Waals surface area contributed by atoms with E-state index < -0.39 is 43.3 Å². The number of phenolic OH excluding ortho intramolecular Hbond substituents is 1. The van der Waals surface area contributed by atoms with Crippen LogP contribution in [0.2, 0.25) is 0 Å². The fourth-order valence-electron chi connectivity index (χ4n) is 2.85. The zero-order valence-corrected chi connectivity index (χ0v) is 15.3. The summed E-state index contributed by atoms with van der Waals surface area (Å²) in [6.07, 6.45) is -7.26. The van der Waals surface area contributed by atoms with Crippen molar-refractivity contribution in [2.24, 2.45) is 0 Å². The van der Waals surface area contributed by atoms with E-state index in [1.54, 1.807) is 24.3 Å². The van der Waals surface area contributed by atoms with Gasteiger partial charge >= 0.3 is 5.97 Å². The van der Waals surface area contributed by atoms with E-state index in [2.05, 4.69) is 0 Å². The van der Waals surface area contributed by atoms with Gasteiger partial charge in [0.2, 0.25) is 6.29 Å². The molecule has 0 unspecified atom stereocenters. The highest BCUT2D eigenvalue weighted by Gasteiger charge is 2.44. The Labute approximate surface area is 166 Å². The highest BCUT2D eigenvalue weighted by atomic mass is 16.7. The molecule has 9 nitrogen and oxygen atoms in total. The molecular weight excluding hydrogens is 384 g/mol. The first-order valence-corrected chi connectivity index (χ1v) is 8.92. The van der Waals surface area contributed by atoms with Crippen LogP contribution < -0.4 is 4.74 Å². The van der Waals surface area contributed by atoms with E-state index in [9.17, 15) is 30.3 Å². The molecule has 0 radical (unpaired) electrons. The minimum absolute atomic E-state index is 0.0108. The second-order valence-electron chi connectivity index (χ2n) is 6.56. The molecule has 9 heteroatoms. The monoisotopic (exact) mass is 406 g/mol. The van der Waals surface area contributed by atoms with Gasteiger partial charge in [0.25, 0.3) is 0 Å². The maximum absolute atomic E-state index is 12.3. The first-order chi connectivity index (χ1) is 13.9. The molecule has 0 bridgehead atoms. The van der Waals surface area contributed by atoms with E-state index in [1.807, 2.05) is 6.07 Å². The third-order valence-corrected chi connectivity index (χ3v) is 4.50. The van der Waals surface area contributed by atoms with Crippen LogP contribution in [0.25, 0.3) is 0 Å². The minimum atomic E-state index is -1.60. The maximum atomic E-state index is 12.3. The lowest BCUT2D eigenvalue weighted by atomic mass is 9.99. The van der Waals surface area contributed by atoms with Crippen molar-refractivity contribution in [3.05, 3.63) is 59.7 Å². The molecule has 29 heavy (non-hydrogen) atoms. The highest BCUT2D eigenvalue weighted by Crippen LogP contribution is 2.28. The number of esters is 1. The standard InChI is InChI=1S/C20H22O9/c21-9-15-16(23)17(24)18(25)20(29-15)28-12-6-7-14(22)13(8-12)19(26)27-10-11-4-2-1-3-5-11/h1-8,15-18,20-25H,9-10H2/t15-,16-,17+,18-,20-/m1/s1. The Balaban J connectivity index is 1.70. The molecule has 156 valence electrons. The molecule has 1 fully saturated rings. The molecule has 0 aliphatic carbocycles. The van der Waals surface area contributed by atoms with Crippen molar-refractivity contribution >= 4 is 5.97 Å². The number of carbonyl (C=O) groups excluding carboxylic acids is 1. The summed E-state index contributed by atoms with van der Waals surface area (Å²) in [5.74, 6) is -1.08. The smallest absolute Gasteiger partial charge is 0.342 e.